The maximum absolute atomic E-state index is 5.37. The van der Waals surface area contributed by atoms with Crippen LogP contribution in [0.5, 0.6) is 11.5 Å². The van der Waals surface area contributed by atoms with E-state index < -0.39 is 0 Å². The minimum Gasteiger partial charge on any atom is -0.497 e. The summed E-state index contributed by atoms with van der Waals surface area (Å²) in [6.07, 6.45) is 2.09. The van der Waals surface area contributed by atoms with Crippen molar-refractivity contribution in [3.8, 4) is 22.9 Å². The molecule has 0 N–H and O–H groups in total. The topological polar surface area (TPSA) is 27.3 Å². The fourth-order valence-electron chi connectivity index (χ4n) is 3.04. The van der Waals surface area contributed by atoms with Crippen molar-refractivity contribution in [1.29, 1.82) is 0 Å². The quantitative estimate of drug-likeness (QED) is 0.530. The lowest BCUT2D eigenvalue weighted by molar-refractivity contribution is -0.567. The smallest absolute Gasteiger partial charge is 0.255 e. The predicted molar refractivity (Wildman–Crippen MR) is 97.9 cm³/mol. The lowest BCUT2D eigenvalue weighted by atomic mass is 10.2. The van der Waals surface area contributed by atoms with Gasteiger partial charge in [0, 0.05) is 12.1 Å². The van der Waals surface area contributed by atoms with Crippen molar-refractivity contribution in [3.05, 3.63) is 79.1 Å². The Hall–Kier alpha value is -3.27. The van der Waals surface area contributed by atoms with Crippen LogP contribution >= 0.6 is 0 Å². The summed E-state index contributed by atoms with van der Waals surface area (Å²) in [5.74, 6) is 1.67. The second kappa shape index (κ2) is 6.32. The van der Waals surface area contributed by atoms with Crippen LogP contribution in [0.15, 0.2) is 79.1 Å². The Balaban J connectivity index is 1.95. The first-order valence-corrected chi connectivity index (χ1v) is 8.11. The van der Waals surface area contributed by atoms with Crippen LogP contribution in [0.4, 0.5) is 0 Å². The highest BCUT2D eigenvalue weighted by Gasteiger charge is 2.19. The number of rotatable bonds is 4. The number of methoxy groups -OCH3 is 2. The number of ether oxygens (including phenoxy) is 2. The third-order valence-corrected chi connectivity index (χ3v) is 4.29. The largest absolute Gasteiger partial charge is 0.497 e. The molecule has 0 amide bonds. The molecule has 0 fully saturated rings. The van der Waals surface area contributed by atoms with Gasteiger partial charge in [0.15, 0.2) is 11.0 Å². The molecule has 0 saturated carbocycles. The van der Waals surface area contributed by atoms with Crippen LogP contribution in [-0.4, -0.2) is 18.8 Å². The van der Waals surface area contributed by atoms with Crippen molar-refractivity contribution in [2.45, 2.75) is 0 Å². The average molecular weight is 331 g/mol. The van der Waals surface area contributed by atoms with Gasteiger partial charge in [-0.15, -0.1) is 0 Å². The van der Waals surface area contributed by atoms with E-state index >= 15 is 0 Å². The molecule has 0 aliphatic rings. The van der Waals surface area contributed by atoms with Gasteiger partial charge < -0.3 is 9.47 Å². The Morgan fingerprint density at radius 1 is 0.760 bits per heavy atom. The molecule has 0 bridgehead atoms. The van der Waals surface area contributed by atoms with Crippen molar-refractivity contribution >= 4 is 11.0 Å². The molecule has 4 aromatic rings. The number of benzene rings is 3. The van der Waals surface area contributed by atoms with Crippen LogP contribution in [-0.2, 0) is 0 Å². The van der Waals surface area contributed by atoms with Crippen LogP contribution in [0.3, 0.4) is 0 Å². The maximum atomic E-state index is 5.37. The van der Waals surface area contributed by atoms with Gasteiger partial charge in [-0.1, -0.05) is 24.3 Å². The fraction of sp³-hybridized carbons (Fsp3) is 0.0952. The fourth-order valence-corrected chi connectivity index (χ4v) is 3.04. The number of aromatic nitrogens is 2. The zero-order valence-electron chi connectivity index (χ0n) is 14.2. The average Bonchev–Trinajstić information content (AvgIpc) is 3.08. The van der Waals surface area contributed by atoms with E-state index in [9.17, 15) is 0 Å². The van der Waals surface area contributed by atoms with Crippen molar-refractivity contribution in [1.82, 2.24) is 4.57 Å². The summed E-state index contributed by atoms with van der Waals surface area (Å²) < 4.78 is 15.1. The minimum atomic E-state index is 0.836. The standard InChI is InChI=1S/C21H19N2O2/c1-24-18-9-5-7-16(13-18)22-15-23(21-12-4-3-11-20(21)22)17-8-6-10-19(14-17)25-2/h3-15H,1-2H3/q+1. The molecule has 25 heavy (non-hydrogen) atoms. The summed E-state index contributed by atoms with van der Waals surface area (Å²) in [5.41, 5.74) is 4.35. The monoisotopic (exact) mass is 331 g/mol. The Bertz CT molecular complexity index is 955. The van der Waals surface area contributed by atoms with E-state index in [2.05, 4.69) is 51.9 Å². The number of hydrogen-bond donors (Lipinski definition) is 0. The molecule has 1 aromatic heterocycles. The van der Waals surface area contributed by atoms with E-state index in [0.29, 0.717) is 0 Å². The molecular formula is C21H19N2O2+. The van der Waals surface area contributed by atoms with Crippen LogP contribution < -0.4 is 14.0 Å². The van der Waals surface area contributed by atoms with Gasteiger partial charge in [0.2, 0.25) is 0 Å². The number of para-hydroxylation sites is 2. The normalized spacial score (nSPS) is 10.8. The molecule has 1 heterocycles. The van der Waals surface area contributed by atoms with E-state index in [1.807, 2.05) is 36.4 Å². The molecule has 124 valence electrons. The summed E-state index contributed by atoms with van der Waals surface area (Å²) >= 11 is 0. The Kier molecular flexibility index (Phi) is 3.86. The first kappa shape index (κ1) is 15.3. The second-order valence-electron chi connectivity index (χ2n) is 5.75. The van der Waals surface area contributed by atoms with Crippen LogP contribution in [0.25, 0.3) is 22.4 Å². The highest BCUT2D eigenvalue weighted by molar-refractivity contribution is 5.74. The minimum absolute atomic E-state index is 0.836. The molecule has 3 aromatic carbocycles. The summed E-state index contributed by atoms with van der Waals surface area (Å²) in [7, 11) is 3.37. The zero-order chi connectivity index (χ0) is 17.2. The molecule has 0 saturated heterocycles. The van der Waals surface area contributed by atoms with Crippen molar-refractivity contribution < 1.29 is 14.0 Å². The summed E-state index contributed by atoms with van der Waals surface area (Å²) in [4.78, 5) is 0. The Morgan fingerprint density at radius 2 is 1.48 bits per heavy atom. The maximum Gasteiger partial charge on any atom is 0.255 e. The Labute approximate surface area is 146 Å². The molecule has 0 aliphatic carbocycles. The van der Waals surface area contributed by atoms with E-state index in [4.69, 9.17) is 9.47 Å². The van der Waals surface area contributed by atoms with Crippen molar-refractivity contribution in [3.63, 3.8) is 0 Å². The van der Waals surface area contributed by atoms with Crippen molar-refractivity contribution in [2.75, 3.05) is 14.2 Å². The van der Waals surface area contributed by atoms with E-state index in [0.717, 1.165) is 33.9 Å². The van der Waals surface area contributed by atoms with Gasteiger partial charge in [-0.3, -0.25) is 0 Å². The molecule has 4 heteroatoms. The number of imidazole rings is 1. The molecule has 0 aliphatic heterocycles. The highest BCUT2D eigenvalue weighted by Crippen LogP contribution is 2.22. The van der Waals surface area contributed by atoms with E-state index in [1.165, 1.54) is 0 Å². The summed E-state index contributed by atoms with van der Waals surface area (Å²) in [6, 6.07) is 24.4. The lowest BCUT2D eigenvalue weighted by Gasteiger charge is -2.02. The van der Waals surface area contributed by atoms with E-state index in [-0.39, 0.29) is 0 Å². The highest BCUT2D eigenvalue weighted by atomic mass is 16.5. The number of hydrogen-bond acceptors (Lipinski definition) is 2. The van der Waals surface area contributed by atoms with Gasteiger partial charge in [-0.25, -0.2) is 0 Å². The molecule has 0 radical (unpaired) electrons. The molecule has 0 atom stereocenters. The van der Waals surface area contributed by atoms with Crippen LogP contribution in [0.1, 0.15) is 0 Å². The Morgan fingerprint density at radius 3 is 2.28 bits per heavy atom. The lowest BCUT2D eigenvalue weighted by Crippen LogP contribution is -2.28. The first-order chi connectivity index (χ1) is 12.3. The van der Waals surface area contributed by atoms with Gasteiger partial charge >= 0.3 is 0 Å². The van der Waals surface area contributed by atoms with Gasteiger partial charge in [-0.2, -0.15) is 9.13 Å². The number of nitrogens with zero attached hydrogens (tertiary/aromatic N) is 2. The third kappa shape index (κ3) is 2.72. The van der Waals surface area contributed by atoms with Gasteiger partial charge in [-0.05, 0) is 36.4 Å². The molecular weight excluding hydrogens is 312 g/mol. The van der Waals surface area contributed by atoms with Gasteiger partial charge in [0.25, 0.3) is 6.33 Å². The molecule has 4 rings (SSSR count). The zero-order valence-corrected chi connectivity index (χ0v) is 14.2. The van der Waals surface area contributed by atoms with Gasteiger partial charge in [0.1, 0.15) is 22.9 Å². The second-order valence-corrected chi connectivity index (χ2v) is 5.75. The molecule has 0 spiro atoms. The third-order valence-electron chi connectivity index (χ3n) is 4.29. The first-order valence-electron chi connectivity index (χ1n) is 8.11. The van der Waals surface area contributed by atoms with E-state index in [1.54, 1.807) is 14.2 Å². The number of fused-ring (bicyclic) bond motifs is 1. The predicted octanol–water partition coefficient (Wildman–Crippen LogP) is 3.92. The van der Waals surface area contributed by atoms with Crippen LogP contribution in [0.2, 0.25) is 0 Å². The van der Waals surface area contributed by atoms with Crippen molar-refractivity contribution in [2.24, 2.45) is 0 Å². The summed E-state index contributed by atoms with van der Waals surface area (Å²) in [6.45, 7) is 0. The molecule has 4 nitrogen and oxygen atoms in total. The van der Waals surface area contributed by atoms with Crippen LogP contribution in [0, 0.1) is 0 Å². The SMILES string of the molecule is COc1cccc(-n2c[n+](-c3cccc(OC)c3)c3ccccc32)c1. The summed E-state index contributed by atoms with van der Waals surface area (Å²) in [5, 5.41) is 0. The molecule has 0 unspecified atom stereocenters. The van der Waals surface area contributed by atoms with Gasteiger partial charge in [0.05, 0.1) is 14.2 Å².